The number of thioether (sulfide) groups is 1. The van der Waals surface area contributed by atoms with Gasteiger partial charge in [0.2, 0.25) is 0 Å². The van der Waals surface area contributed by atoms with Gasteiger partial charge >= 0.3 is 0 Å². The number of rotatable bonds is 4. The summed E-state index contributed by atoms with van der Waals surface area (Å²) in [5, 5.41) is 22.7. The molecule has 0 radical (unpaired) electrons. The van der Waals surface area contributed by atoms with Gasteiger partial charge in [-0.3, -0.25) is 15.4 Å². The van der Waals surface area contributed by atoms with E-state index in [1.165, 1.54) is 23.9 Å². The van der Waals surface area contributed by atoms with E-state index in [2.05, 4.69) is 10.3 Å². The highest BCUT2D eigenvalue weighted by atomic mass is 32.2. The molecule has 0 aromatic heterocycles. The summed E-state index contributed by atoms with van der Waals surface area (Å²) in [4.78, 5) is 15.0. The highest BCUT2D eigenvalue weighted by Gasteiger charge is 2.13. The summed E-state index contributed by atoms with van der Waals surface area (Å²) in [5.41, 5.74) is 3.26. The number of nitro benzene ring substituents is 1. The Labute approximate surface area is 155 Å². The normalized spacial score (nSPS) is 11.0. The molecule has 26 heavy (non-hydrogen) atoms. The lowest BCUT2D eigenvalue weighted by molar-refractivity contribution is -0.384. The summed E-state index contributed by atoms with van der Waals surface area (Å²) in [6.45, 7) is 5.88. The minimum Gasteiger partial charge on any atom is -0.457 e. The summed E-state index contributed by atoms with van der Waals surface area (Å²) >= 11 is 1.23. The van der Waals surface area contributed by atoms with E-state index in [-0.39, 0.29) is 5.69 Å². The number of aryl methyl sites for hydroxylation is 2. The van der Waals surface area contributed by atoms with Crippen LogP contribution in [0, 0.1) is 42.3 Å². The minimum atomic E-state index is -0.503. The van der Waals surface area contributed by atoms with Gasteiger partial charge in [0.1, 0.15) is 11.5 Å². The minimum absolute atomic E-state index is 0.138. The van der Waals surface area contributed by atoms with Crippen LogP contribution in [0.5, 0.6) is 11.5 Å². The van der Waals surface area contributed by atoms with Gasteiger partial charge in [-0.1, -0.05) is 17.8 Å². The summed E-state index contributed by atoms with van der Waals surface area (Å²) in [7, 11) is 0. The number of aliphatic imine (C=N–C) groups is 1. The van der Waals surface area contributed by atoms with Crippen LogP contribution in [0.4, 0.5) is 11.4 Å². The monoisotopic (exact) mass is 370 g/mol. The van der Waals surface area contributed by atoms with Gasteiger partial charge < -0.3 is 4.74 Å². The molecule has 134 valence electrons. The van der Waals surface area contributed by atoms with E-state index in [1.807, 2.05) is 32.9 Å². The molecule has 2 aromatic rings. The molecule has 0 spiro atoms. The molecule has 0 bridgehead atoms. The zero-order chi connectivity index (χ0) is 19.3. The zero-order valence-electron chi connectivity index (χ0n) is 14.9. The van der Waals surface area contributed by atoms with Crippen molar-refractivity contribution in [2.45, 2.75) is 20.8 Å². The van der Waals surface area contributed by atoms with Crippen LogP contribution in [-0.4, -0.2) is 16.3 Å². The van der Waals surface area contributed by atoms with Crippen molar-refractivity contribution in [1.82, 2.24) is 5.32 Å². The topological polar surface area (TPSA) is 101 Å². The van der Waals surface area contributed by atoms with Crippen molar-refractivity contribution < 1.29 is 9.66 Å². The van der Waals surface area contributed by atoms with Crippen LogP contribution in [-0.2, 0) is 0 Å². The van der Waals surface area contributed by atoms with Gasteiger partial charge in [-0.05, 0) is 49.8 Å². The van der Waals surface area contributed by atoms with Crippen molar-refractivity contribution >= 4 is 28.3 Å². The van der Waals surface area contributed by atoms with Crippen LogP contribution >= 0.6 is 11.8 Å². The SMILES string of the molecule is CSC(=Nc1cc(Oc2cc(C)cc(C)c2C)cc([N+](=O)[O-])c1)NC#N. The Hall–Kier alpha value is -3.05. The van der Waals surface area contributed by atoms with Gasteiger partial charge in [0, 0.05) is 12.1 Å². The number of amidine groups is 1. The van der Waals surface area contributed by atoms with Crippen molar-refractivity contribution in [2.24, 2.45) is 4.99 Å². The van der Waals surface area contributed by atoms with Crippen LogP contribution in [0.3, 0.4) is 0 Å². The van der Waals surface area contributed by atoms with E-state index >= 15 is 0 Å². The third kappa shape index (κ3) is 4.74. The Morgan fingerprint density at radius 3 is 2.62 bits per heavy atom. The van der Waals surface area contributed by atoms with E-state index in [0.29, 0.717) is 22.4 Å². The average molecular weight is 370 g/mol. The number of nitrogens with one attached hydrogen (secondary N) is 1. The fourth-order valence-electron chi connectivity index (χ4n) is 2.32. The average Bonchev–Trinajstić information content (AvgIpc) is 2.58. The molecule has 0 aliphatic carbocycles. The molecule has 0 heterocycles. The first-order chi connectivity index (χ1) is 12.3. The lowest BCUT2D eigenvalue weighted by Gasteiger charge is -2.12. The molecule has 8 heteroatoms. The van der Waals surface area contributed by atoms with Crippen LogP contribution in [0.2, 0.25) is 0 Å². The Balaban J connectivity index is 2.49. The van der Waals surface area contributed by atoms with Crippen LogP contribution in [0.25, 0.3) is 0 Å². The van der Waals surface area contributed by atoms with Gasteiger partial charge in [-0.2, -0.15) is 5.26 Å². The predicted molar refractivity (Wildman–Crippen MR) is 103 cm³/mol. The molecule has 0 fully saturated rings. The molecule has 0 aliphatic heterocycles. The summed E-state index contributed by atoms with van der Waals surface area (Å²) in [6.07, 6.45) is 3.53. The third-order valence-electron chi connectivity index (χ3n) is 3.67. The molecule has 0 aliphatic rings. The molecule has 0 saturated heterocycles. The highest BCUT2D eigenvalue weighted by Crippen LogP contribution is 2.34. The van der Waals surface area contributed by atoms with E-state index in [4.69, 9.17) is 10.00 Å². The number of hydrogen-bond donors (Lipinski definition) is 1. The van der Waals surface area contributed by atoms with Crippen molar-refractivity contribution in [2.75, 3.05) is 6.26 Å². The smallest absolute Gasteiger partial charge is 0.275 e. The summed E-state index contributed by atoms with van der Waals surface area (Å²) in [6, 6.07) is 8.21. The lowest BCUT2D eigenvalue weighted by atomic mass is 10.1. The largest absolute Gasteiger partial charge is 0.457 e. The fraction of sp³-hybridized carbons (Fsp3) is 0.222. The standard InChI is InChI=1S/C18H18N4O3S/c1-11-5-12(2)13(3)17(6-11)25-16-8-14(7-15(9-16)22(23)24)21-18(26-4)20-10-19/h5-9H,1-4H3,(H,20,21). The first-order valence-electron chi connectivity index (χ1n) is 7.67. The predicted octanol–water partition coefficient (Wildman–Crippen LogP) is 4.73. The number of hydrogen-bond acceptors (Lipinski definition) is 6. The number of benzene rings is 2. The third-order valence-corrected chi connectivity index (χ3v) is 4.25. The molecular formula is C18H18N4O3S. The second-order valence-electron chi connectivity index (χ2n) is 5.61. The van der Waals surface area contributed by atoms with Gasteiger partial charge in [0.05, 0.1) is 16.7 Å². The highest BCUT2D eigenvalue weighted by molar-refractivity contribution is 8.13. The molecule has 2 rings (SSSR count). The Kier molecular flexibility index (Phi) is 6.20. The maximum absolute atomic E-state index is 11.2. The molecule has 0 amide bonds. The molecule has 0 unspecified atom stereocenters. The fourth-order valence-corrected chi connectivity index (χ4v) is 2.66. The van der Waals surface area contributed by atoms with Crippen molar-refractivity contribution in [1.29, 1.82) is 5.26 Å². The van der Waals surface area contributed by atoms with Gasteiger partial charge in [-0.15, -0.1) is 0 Å². The summed E-state index contributed by atoms with van der Waals surface area (Å²) < 4.78 is 5.91. The first-order valence-corrected chi connectivity index (χ1v) is 8.89. The van der Waals surface area contributed by atoms with Crippen LogP contribution in [0.15, 0.2) is 35.3 Å². The second kappa shape index (κ2) is 8.36. The number of non-ortho nitro benzene ring substituents is 1. The number of nitro groups is 1. The maximum atomic E-state index is 11.2. The Morgan fingerprint density at radius 2 is 2.00 bits per heavy atom. The molecule has 0 saturated carbocycles. The number of nitriles is 1. The van der Waals surface area contributed by atoms with Crippen molar-refractivity contribution in [3.05, 3.63) is 57.1 Å². The maximum Gasteiger partial charge on any atom is 0.275 e. The number of nitrogens with zero attached hydrogens (tertiary/aromatic N) is 3. The van der Waals surface area contributed by atoms with Gasteiger partial charge in [-0.25, -0.2) is 4.99 Å². The van der Waals surface area contributed by atoms with Gasteiger partial charge in [0.25, 0.3) is 5.69 Å². The van der Waals surface area contributed by atoms with Crippen molar-refractivity contribution in [3.63, 3.8) is 0 Å². The molecular weight excluding hydrogens is 352 g/mol. The van der Waals surface area contributed by atoms with Crippen molar-refractivity contribution in [3.8, 4) is 17.7 Å². The second-order valence-corrected chi connectivity index (χ2v) is 6.40. The molecule has 2 aromatic carbocycles. The van der Waals surface area contributed by atoms with E-state index in [9.17, 15) is 10.1 Å². The Bertz CT molecular complexity index is 919. The van der Waals surface area contributed by atoms with E-state index in [0.717, 1.165) is 16.7 Å². The van der Waals surface area contributed by atoms with Crippen LogP contribution < -0.4 is 10.1 Å². The molecule has 7 nitrogen and oxygen atoms in total. The van der Waals surface area contributed by atoms with Gasteiger partial charge in [0.15, 0.2) is 11.4 Å². The molecule has 1 N–H and O–H groups in total. The lowest BCUT2D eigenvalue weighted by Crippen LogP contribution is -2.12. The van der Waals surface area contributed by atoms with Crippen LogP contribution in [0.1, 0.15) is 16.7 Å². The van der Waals surface area contributed by atoms with E-state index < -0.39 is 4.92 Å². The summed E-state index contributed by atoms with van der Waals surface area (Å²) in [5.74, 6) is 0.946. The quantitative estimate of drug-likeness (QED) is 0.208. The zero-order valence-corrected chi connectivity index (χ0v) is 15.7. The number of ether oxygens (including phenoxy) is 1. The van der Waals surface area contributed by atoms with E-state index in [1.54, 1.807) is 18.5 Å². The first kappa shape index (κ1) is 19.3. The Morgan fingerprint density at radius 1 is 1.27 bits per heavy atom. The molecule has 0 atom stereocenters.